The summed E-state index contributed by atoms with van der Waals surface area (Å²) < 4.78 is 6.45. The molecule has 1 N–H and O–H groups in total. The summed E-state index contributed by atoms with van der Waals surface area (Å²) in [5, 5.41) is 4.52. The van der Waals surface area contributed by atoms with Crippen LogP contribution in [0.15, 0.2) is 35.6 Å². The Morgan fingerprint density at radius 3 is 2.79 bits per heavy atom. The summed E-state index contributed by atoms with van der Waals surface area (Å²) in [6.07, 6.45) is 5.87. The fourth-order valence-electron chi connectivity index (χ4n) is 3.37. The molecule has 0 atom stereocenters. The molecule has 0 spiro atoms. The molecule has 0 aromatic carbocycles. The standard InChI is InChI=1S/C19H26N8S/c1-3-16-23-19(28-24-16)26-12-10-25(11-13-26)18(20-2)21-8-7-15-14-27-9-5-4-6-17(27)22-15/h4-6,9,14H,3,7-8,10-13H2,1-2H3,(H,20,21). The number of aryl methyl sites for hydroxylation is 1. The lowest BCUT2D eigenvalue weighted by molar-refractivity contribution is 0.372. The number of guanidine groups is 1. The summed E-state index contributed by atoms with van der Waals surface area (Å²) in [5.74, 6) is 1.89. The highest BCUT2D eigenvalue weighted by atomic mass is 32.1. The first-order valence-electron chi connectivity index (χ1n) is 9.72. The number of piperazine rings is 1. The lowest BCUT2D eigenvalue weighted by Crippen LogP contribution is -2.52. The second-order valence-corrected chi connectivity index (χ2v) is 7.47. The predicted octanol–water partition coefficient (Wildman–Crippen LogP) is 1.69. The van der Waals surface area contributed by atoms with Crippen molar-refractivity contribution in [3.63, 3.8) is 0 Å². The number of nitrogens with one attached hydrogen (secondary N) is 1. The zero-order valence-electron chi connectivity index (χ0n) is 16.4. The van der Waals surface area contributed by atoms with Gasteiger partial charge in [0.05, 0.1) is 5.69 Å². The Hall–Kier alpha value is -2.68. The van der Waals surface area contributed by atoms with E-state index in [9.17, 15) is 0 Å². The number of aliphatic imine (C=N–C) groups is 1. The number of fused-ring (bicyclic) bond motifs is 1. The monoisotopic (exact) mass is 398 g/mol. The molecule has 0 unspecified atom stereocenters. The van der Waals surface area contributed by atoms with E-state index in [1.54, 1.807) is 0 Å². The number of aromatic nitrogens is 4. The first-order chi connectivity index (χ1) is 13.8. The SMILES string of the molecule is CCc1nsc(N2CCN(C(=NC)NCCc3cn4ccccc4n3)CC2)n1. The van der Waals surface area contributed by atoms with Gasteiger partial charge < -0.3 is 19.5 Å². The van der Waals surface area contributed by atoms with Crippen molar-refractivity contribution in [2.45, 2.75) is 19.8 Å². The van der Waals surface area contributed by atoms with Gasteiger partial charge in [-0.25, -0.2) is 9.97 Å². The van der Waals surface area contributed by atoms with Crippen LogP contribution in [0.2, 0.25) is 0 Å². The van der Waals surface area contributed by atoms with Crippen molar-refractivity contribution in [2.75, 3.05) is 44.7 Å². The third-order valence-corrected chi connectivity index (χ3v) is 5.73. The highest BCUT2D eigenvalue weighted by Gasteiger charge is 2.21. The number of hydrogen-bond donors (Lipinski definition) is 1. The molecule has 0 bridgehead atoms. The third-order valence-electron chi connectivity index (χ3n) is 4.91. The van der Waals surface area contributed by atoms with E-state index in [2.05, 4.69) is 52.0 Å². The van der Waals surface area contributed by atoms with Crippen LogP contribution in [0.4, 0.5) is 5.13 Å². The normalized spacial score (nSPS) is 15.4. The maximum absolute atomic E-state index is 4.65. The lowest BCUT2D eigenvalue weighted by atomic mass is 10.3. The van der Waals surface area contributed by atoms with Crippen LogP contribution < -0.4 is 10.2 Å². The number of hydrogen-bond acceptors (Lipinski definition) is 6. The quantitative estimate of drug-likeness (QED) is 0.521. The van der Waals surface area contributed by atoms with Crippen LogP contribution in [0, 0.1) is 0 Å². The zero-order valence-corrected chi connectivity index (χ0v) is 17.2. The largest absolute Gasteiger partial charge is 0.356 e. The summed E-state index contributed by atoms with van der Waals surface area (Å²) in [7, 11) is 1.85. The Labute approximate surface area is 169 Å². The van der Waals surface area contributed by atoms with Crippen LogP contribution in [0.5, 0.6) is 0 Å². The molecule has 1 fully saturated rings. The molecule has 4 heterocycles. The summed E-state index contributed by atoms with van der Waals surface area (Å²) in [6, 6.07) is 6.05. The maximum Gasteiger partial charge on any atom is 0.205 e. The van der Waals surface area contributed by atoms with Gasteiger partial charge in [0.1, 0.15) is 11.5 Å². The van der Waals surface area contributed by atoms with Crippen molar-refractivity contribution >= 4 is 28.3 Å². The molecule has 148 valence electrons. The number of anilines is 1. The molecule has 3 aromatic rings. The first kappa shape index (κ1) is 18.7. The minimum atomic E-state index is 0.813. The van der Waals surface area contributed by atoms with Gasteiger partial charge in [-0.05, 0) is 12.1 Å². The minimum Gasteiger partial charge on any atom is -0.356 e. The number of imidazole rings is 1. The molecular formula is C19H26N8S. The van der Waals surface area contributed by atoms with Gasteiger partial charge >= 0.3 is 0 Å². The van der Waals surface area contributed by atoms with Gasteiger partial charge in [-0.2, -0.15) is 4.37 Å². The molecule has 4 rings (SSSR count). The van der Waals surface area contributed by atoms with Crippen molar-refractivity contribution in [1.29, 1.82) is 0 Å². The summed E-state index contributed by atoms with van der Waals surface area (Å²) in [6.45, 7) is 6.62. The van der Waals surface area contributed by atoms with E-state index >= 15 is 0 Å². The van der Waals surface area contributed by atoms with E-state index < -0.39 is 0 Å². The maximum atomic E-state index is 4.65. The molecule has 0 radical (unpaired) electrons. The molecule has 0 saturated carbocycles. The van der Waals surface area contributed by atoms with E-state index in [1.807, 2.05) is 31.4 Å². The Morgan fingerprint density at radius 1 is 1.21 bits per heavy atom. The lowest BCUT2D eigenvalue weighted by Gasteiger charge is -2.36. The molecule has 1 aliphatic rings. The summed E-state index contributed by atoms with van der Waals surface area (Å²) >= 11 is 1.50. The smallest absolute Gasteiger partial charge is 0.205 e. The van der Waals surface area contributed by atoms with E-state index in [1.165, 1.54) is 11.5 Å². The molecule has 3 aromatic heterocycles. The van der Waals surface area contributed by atoms with Gasteiger partial charge in [0.2, 0.25) is 5.13 Å². The van der Waals surface area contributed by atoms with Crippen LogP contribution in [-0.4, -0.2) is 69.4 Å². The number of rotatable bonds is 5. The molecule has 0 amide bonds. The number of pyridine rings is 1. The average Bonchev–Trinajstić information content (AvgIpc) is 3.38. The predicted molar refractivity (Wildman–Crippen MR) is 113 cm³/mol. The van der Waals surface area contributed by atoms with Gasteiger partial charge in [0, 0.05) is 76.5 Å². The number of nitrogens with zero attached hydrogens (tertiary/aromatic N) is 7. The van der Waals surface area contributed by atoms with Gasteiger partial charge in [-0.15, -0.1) is 0 Å². The summed E-state index contributed by atoms with van der Waals surface area (Å²) in [4.78, 5) is 18.3. The van der Waals surface area contributed by atoms with Crippen molar-refractivity contribution in [3.8, 4) is 0 Å². The highest BCUT2D eigenvalue weighted by Crippen LogP contribution is 2.19. The van der Waals surface area contributed by atoms with Crippen LogP contribution in [-0.2, 0) is 12.8 Å². The first-order valence-corrected chi connectivity index (χ1v) is 10.5. The fourth-order valence-corrected chi connectivity index (χ4v) is 4.17. The van der Waals surface area contributed by atoms with Crippen molar-refractivity contribution < 1.29 is 0 Å². The summed E-state index contributed by atoms with van der Waals surface area (Å²) in [5.41, 5.74) is 2.07. The fraction of sp³-hybridized carbons (Fsp3) is 0.474. The molecule has 9 heteroatoms. The zero-order chi connectivity index (χ0) is 19.3. The second kappa shape index (κ2) is 8.55. The van der Waals surface area contributed by atoms with Gasteiger partial charge in [-0.1, -0.05) is 13.0 Å². The Kier molecular flexibility index (Phi) is 5.70. The Bertz CT molecular complexity index is 905. The Balaban J connectivity index is 1.27. The molecule has 1 aliphatic heterocycles. The Morgan fingerprint density at radius 2 is 2.07 bits per heavy atom. The van der Waals surface area contributed by atoms with Crippen LogP contribution in [0.25, 0.3) is 5.65 Å². The van der Waals surface area contributed by atoms with E-state index in [0.29, 0.717) is 0 Å². The van der Waals surface area contributed by atoms with E-state index in [-0.39, 0.29) is 0 Å². The highest BCUT2D eigenvalue weighted by molar-refractivity contribution is 7.09. The van der Waals surface area contributed by atoms with E-state index in [0.717, 1.165) is 73.8 Å². The van der Waals surface area contributed by atoms with Crippen molar-refractivity contribution in [2.24, 2.45) is 4.99 Å². The topological polar surface area (TPSA) is 74.0 Å². The van der Waals surface area contributed by atoms with Crippen molar-refractivity contribution in [3.05, 3.63) is 42.1 Å². The molecule has 0 aliphatic carbocycles. The van der Waals surface area contributed by atoms with Gasteiger partial charge in [0.15, 0.2) is 5.96 Å². The van der Waals surface area contributed by atoms with E-state index in [4.69, 9.17) is 0 Å². The van der Waals surface area contributed by atoms with Gasteiger partial charge in [0.25, 0.3) is 0 Å². The van der Waals surface area contributed by atoms with Crippen LogP contribution in [0.1, 0.15) is 18.4 Å². The van der Waals surface area contributed by atoms with Crippen LogP contribution in [0.3, 0.4) is 0 Å². The molecular weight excluding hydrogens is 372 g/mol. The van der Waals surface area contributed by atoms with Crippen LogP contribution >= 0.6 is 11.5 Å². The van der Waals surface area contributed by atoms with Gasteiger partial charge in [-0.3, -0.25) is 4.99 Å². The molecule has 28 heavy (non-hydrogen) atoms. The molecule has 8 nitrogen and oxygen atoms in total. The third kappa shape index (κ3) is 4.09. The molecule has 1 saturated heterocycles. The van der Waals surface area contributed by atoms with Crippen molar-refractivity contribution in [1.82, 2.24) is 29.0 Å². The minimum absolute atomic E-state index is 0.813. The second-order valence-electron chi connectivity index (χ2n) is 6.74. The average molecular weight is 399 g/mol.